The summed E-state index contributed by atoms with van der Waals surface area (Å²) < 4.78 is 10.8. The van der Waals surface area contributed by atoms with E-state index in [4.69, 9.17) is 9.15 Å². The number of nitrogens with zero attached hydrogens (tertiary/aromatic N) is 1. The standard InChI is InChI=1S/C24H22N2O4/c1-26(14-22(27)25-18-8-10-19(29-2)11-9-18)23(28)13-17-15-30-21-12-7-16-5-3-4-6-20(16)24(17)21/h3-12,15H,13-14H2,1-2H3,(H,25,27). The Morgan fingerprint density at radius 1 is 1.03 bits per heavy atom. The van der Waals surface area contributed by atoms with Gasteiger partial charge in [0.2, 0.25) is 11.8 Å². The van der Waals surface area contributed by atoms with E-state index in [0.717, 1.165) is 27.3 Å². The molecular weight excluding hydrogens is 380 g/mol. The molecule has 152 valence electrons. The number of carbonyl (C=O) groups excluding carboxylic acids is 2. The zero-order valence-electron chi connectivity index (χ0n) is 16.8. The topological polar surface area (TPSA) is 71.8 Å². The van der Waals surface area contributed by atoms with Gasteiger partial charge in [0.05, 0.1) is 26.3 Å². The summed E-state index contributed by atoms with van der Waals surface area (Å²) >= 11 is 0. The lowest BCUT2D eigenvalue weighted by atomic mass is 10.0. The number of rotatable bonds is 6. The highest BCUT2D eigenvalue weighted by molar-refractivity contribution is 6.08. The Kier molecular flexibility index (Phi) is 5.39. The lowest BCUT2D eigenvalue weighted by Crippen LogP contribution is -2.35. The number of nitrogens with one attached hydrogen (secondary N) is 1. The van der Waals surface area contributed by atoms with Crippen molar-refractivity contribution < 1.29 is 18.7 Å². The molecule has 0 saturated carbocycles. The lowest BCUT2D eigenvalue weighted by molar-refractivity contribution is -0.132. The third-order valence-electron chi connectivity index (χ3n) is 5.06. The number of likely N-dealkylation sites (N-methyl/N-ethyl adjacent to an activating group) is 1. The zero-order chi connectivity index (χ0) is 21.1. The molecule has 0 radical (unpaired) electrons. The highest BCUT2D eigenvalue weighted by atomic mass is 16.5. The smallest absolute Gasteiger partial charge is 0.243 e. The molecule has 6 heteroatoms. The van der Waals surface area contributed by atoms with Crippen LogP contribution in [0, 0.1) is 0 Å². The second-order valence-corrected chi connectivity index (χ2v) is 7.12. The average molecular weight is 402 g/mol. The minimum absolute atomic E-state index is 0.0403. The fourth-order valence-electron chi connectivity index (χ4n) is 3.48. The van der Waals surface area contributed by atoms with E-state index >= 15 is 0 Å². The third-order valence-corrected chi connectivity index (χ3v) is 5.06. The predicted octanol–water partition coefficient (Wildman–Crippen LogP) is 4.23. The van der Waals surface area contributed by atoms with Gasteiger partial charge in [-0.2, -0.15) is 0 Å². The van der Waals surface area contributed by atoms with Crippen LogP contribution in [-0.4, -0.2) is 37.4 Å². The summed E-state index contributed by atoms with van der Waals surface area (Å²) in [6, 6.07) is 18.9. The van der Waals surface area contributed by atoms with Crippen molar-refractivity contribution in [3.05, 3.63) is 72.5 Å². The molecular formula is C24H22N2O4. The van der Waals surface area contributed by atoms with Gasteiger partial charge in [0, 0.05) is 23.7 Å². The number of ether oxygens (including phenoxy) is 1. The summed E-state index contributed by atoms with van der Waals surface area (Å²) in [5.41, 5.74) is 2.21. The van der Waals surface area contributed by atoms with Crippen LogP contribution in [0.4, 0.5) is 5.69 Å². The van der Waals surface area contributed by atoms with Gasteiger partial charge in [-0.3, -0.25) is 9.59 Å². The van der Waals surface area contributed by atoms with Gasteiger partial charge in [-0.1, -0.05) is 30.3 Å². The van der Waals surface area contributed by atoms with Crippen molar-refractivity contribution >= 4 is 39.2 Å². The van der Waals surface area contributed by atoms with Gasteiger partial charge in [0.25, 0.3) is 0 Å². The quantitative estimate of drug-likeness (QED) is 0.524. The number of furan rings is 1. The van der Waals surface area contributed by atoms with Gasteiger partial charge in [0.1, 0.15) is 11.3 Å². The Labute approximate surface area is 174 Å². The second kappa shape index (κ2) is 8.29. The summed E-state index contributed by atoms with van der Waals surface area (Å²) in [5.74, 6) is 0.286. The summed E-state index contributed by atoms with van der Waals surface area (Å²) in [4.78, 5) is 26.5. The normalized spacial score (nSPS) is 10.9. The first kappa shape index (κ1) is 19.5. The first-order chi connectivity index (χ1) is 14.5. The van der Waals surface area contributed by atoms with Crippen LogP contribution in [0.15, 0.2) is 71.3 Å². The van der Waals surface area contributed by atoms with Crippen LogP contribution < -0.4 is 10.1 Å². The van der Waals surface area contributed by atoms with Crippen LogP contribution in [0.5, 0.6) is 5.75 Å². The van der Waals surface area contributed by atoms with E-state index in [9.17, 15) is 9.59 Å². The molecule has 0 aliphatic carbocycles. The van der Waals surface area contributed by atoms with Crippen LogP contribution >= 0.6 is 0 Å². The Morgan fingerprint density at radius 3 is 2.57 bits per heavy atom. The van der Waals surface area contributed by atoms with E-state index in [2.05, 4.69) is 5.32 Å². The summed E-state index contributed by atoms with van der Waals surface area (Å²) in [6.07, 6.45) is 1.79. The molecule has 4 rings (SSSR count). The van der Waals surface area contributed by atoms with Crippen LogP contribution in [0.25, 0.3) is 21.7 Å². The molecule has 0 atom stereocenters. The SMILES string of the molecule is COc1ccc(NC(=O)CN(C)C(=O)Cc2coc3ccc4ccccc4c23)cc1. The Hall–Kier alpha value is -3.80. The van der Waals surface area contributed by atoms with E-state index in [0.29, 0.717) is 11.4 Å². The van der Waals surface area contributed by atoms with E-state index < -0.39 is 0 Å². The van der Waals surface area contributed by atoms with E-state index in [1.807, 2.05) is 36.4 Å². The molecule has 4 aromatic rings. The number of anilines is 1. The van der Waals surface area contributed by atoms with Crippen molar-refractivity contribution in [3.8, 4) is 5.75 Å². The molecule has 0 unspecified atom stereocenters. The first-order valence-electron chi connectivity index (χ1n) is 9.61. The fraction of sp³-hybridized carbons (Fsp3) is 0.167. The van der Waals surface area contributed by atoms with Gasteiger partial charge in [-0.05, 0) is 41.1 Å². The molecule has 3 aromatic carbocycles. The Bertz CT molecular complexity index is 1210. The monoisotopic (exact) mass is 402 g/mol. The van der Waals surface area contributed by atoms with Gasteiger partial charge < -0.3 is 19.4 Å². The van der Waals surface area contributed by atoms with Crippen molar-refractivity contribution in [2.24, 2.45) is 0 Å². The van der Waals surface area contributed by atoms with Crippen LogP contribution in [0.1, 0.15) is 5.56 Å². The minimum Gasteiger partial charge on any atom is -0.497 e. The molecule has 2 amide bonds. The van der Waals surface area contributed by atoms with Gasteiger partial charge in [-0.15, -0.1) is 0 Å². The molecule has 0 saturated heterocycles. The summed E-state index contributed by atoms with van der Waals surface area (Å²) in [7, 11) is 3.20. The van der Waals surface area contributed by atoms with Crippen LogP contribution in [0.2, 0.25) is 0 Å². The number of carbonyl (C=O) groups is 2. The highest BCUT2D eigenvalue weighted by Gasteiger charge is 2.17. The predicted molar refractivity (Wildman–Crippen MR) is 117 cm³/mol. The Morgan fingerprint density at radius 2 is 1.80 bits per heavy atom. The highest BCUT2D eigenvalue weighted by Crippen LogP contribution is 2.30. The number of benzene rings is 3. The number of methoxy groups -OCH3 is 1. The number of fused-ring (bicyclic) bond motifs is 3. The van der Waals surface area contributed by atoms with Crippen molar-refractivity contribution in [3.63, 3.8) is 0 Å². The minimum atomic E-state index is -0.265. The third kappa shape index (κ3) is 3.98. The number of hydrogen-bond donors (Lipinski definition) is 1. The Balaban J connectivity index is 1.44. The van der Waals surface area contributed by atoms with Crippen molar-refractivity contribution in [1.82, 2.24) is 4.90 Å². The van der Waals surface area contributed by atoms with Crippen molar-refractivity contribution in [2.75, 3.05) is 26.0 Å². The van der Waals surface area contributed by atoms with E-state index in [1.165, 1.54) is 4.90 Å². The van der Waals surface area contributed by atoms with Gasteiger partial charge in [-0.25, -0.2) is 0 Å². The van der Waals surface area contributed by atoms with E-state index in [-0.39, 0.29) is 24.8 Å². The molecule has 0 aliphatic rings. The lowest BCUT2D eigenvalue weighted by Gasteiger charge is -2.17. The summed E-state index contributed by atoms with van der Waals surface area (Å²) in [5, 5.41) is 5.86. The van der Waals surface area contributed by atoms with Crippen molar-refractivity contribution in [2.45, 2.75) is 6.42 Å². The molecule has 0 bridgehead atoms. The van der Waals surface area contributed by atoms with E-state index in [1.54, 1.807) is 44.7 Å². The maximum absolute atomic E-state index is 12.7. The molecule has 0 aliphatic heterocycles. The summed E-state index contributed by atoms with van der Waals surface area (Å²) in [6.45, 7) is -0.0403. The average Bonchev–Trinajstić information content (AvgIpc) is 3.17. The van der Waals surface area contributed by atoms with Gasteiger partial charge >= 0.3 is 0 Å². The number of amides is 2. The van der Waals surface area contributed by atoms with Crippen LogP contribution in [-0.2, 0) is 16.0 Å². The second-order valence-electron chi connectivity index (χ2n) is 7.12. The van der Waals surface area contributed by atoms with Crippen LogP contribution in [0.3, 0.4) is 0 Å². The van der Waals surface area contributed by atoms with Crippen molar-refractivity contribution in [1.29, 1.82) is 0 Å². The molecule has 0 fully saturated rings. The maximum atomic E-state index is 12.7. The molecule has 1 aromatic heterocycles. The molecule has 0 spiro atoms. The zero-order valence-corrected chi connectivity index (χ0v) is 16.8. The fourth-order valence-corrected chi connectivity index (χ4v) is 3.48. The maximum Gasteiger partial charge on any atom is 0.243 e. The molecule has 6 nitrogen and oxygen atoms in total. The van der Waals surface area contributed by atoms with Gasteiger partial charge in [0.15, 0.2) is 0 Å². The molecule has 1 heterocycles. The molecule has 1 N–H and O–H groups in total. The number of hydrogen-bond acceptors (Lipinski definition) is 4. The molecule has 30 heavy (non-hydrogen) atoms. The largest absolute Gasteiger partial charge is 0.497 e. The first-order valence-corrected chi connectivity index (χ1v) is 9.61.